The molecule has 0 saturated carbocycles. The molecule has 112 valence electrons. The zero-order valence-electron chi connectivity index (χ0n) is 12.4. The Bertz CT molecular complexity index is 581. The highest BCUT2D eigenvalue weighted by Crippen LogP contribution is 2.24. The lowest BCUT2D eigenvalue weighted by atomic mass is 9.97. The van der Waals surface area contributed by atoms with Crippen LogP contribution in [0.4, 0.5) is 0 Å². The zero-order valence-corrected chi connectivity index (χ0v) is 14.8. The van der Waals surface area contributed by atoms with Crippen LogP contribution in [0, 0.1) is 13.8 Å². The lowest BCUT2D eigenvalue weighted by Crippen LogP contribution is -2.39. The number of hydrazine groups is 1. The van der Waals surface area contributed by atoms with Crippen molar-refractivity contribution in [3.63, 3.8) is 0 Å². The van der Waals surface area contributed by atoms with Crippen LogP contribution in [-0.4, -0.2) is 11.8 Å². The summed E-state index contributed by atoms with van der Waals surface area (Å²) in [6.07, 6.45) is 0.954. The monoisotopic (exact) mass is 364 g/mol. The number of benzene rings is 2. The van der Waals surface area contributed by atoms with Crippen molar-refractivity contribution in [2.24, 2.45) is 5.84 Å². The van der Waals surface area contributed by atoms with Crippen molar-refractivity contribution in [2.45, 2.75) is 31.2 Å². The fourth-order valence-corrected chi connectivity index (χ4v) is 3.88. The Kier molecular flexibility index (Phi) is 6.30. The number of halogens is 1. The van der Waals surface area contributed by atoms with Gasteiger partial charge in [0.05, 0.1) is 0 Å². The second-order valence-electron chi connectivity index (χ2n) is 5.21. The number of nitrogens with one attached hydrogen (secondary N) is 1. The van der Waals surface area contributed by atoms with Crippen molar-refractivity contribution in [1.29, 1.82) is 0 Å². The quantitative estimate of drug-likeness (QED) is 0.457. The Labute approximate surface area is 139 Å². The Morgan fingerprint density at radius 2 is 1.81 bits per heavy atom. The molecule has 2 aromatic carbocycles. The van der Waals surface area contributed by atoms with E-state index in [1.807, 2.05) is 17.8 Å². The molecule has 0 aliphatic carbocycles. The first-order valence-corrected chi connectivity index (χ1v) is 8.77. The number of thioether (sulfide) groups is 1. The van der Waals surface area contributed by atoms with E-state index in [9.17, 15) is 0 Å². The van der Waals surface area contributed by atoms with Crippen LogP contribution in [0.15, 0.2) is 51.8 Å². The minimum absolute atomic E-state index is 0.258. The average Bonchev–Trinajstić information content (AvgIpc) is 2.46. The maximum absolute atomic E-state index is 5.74. The van der Waals surface area contributed by atoms with Crippen LogP contribution >= 0.6 is 27.7 Å². The van der Waals surface area contributed by atoms with Crippen LogP contribution in [0.5, 0.6) is 0 Å². The molecule has 0 fully saturated rings. The largest absolute Gasteiger partial charge is 0.271 e. The second-order valence-corrected chi connectivity index (χ2v) is 7.22. The summed E-state index contributed by atoms with van der Waals surface area (Å²) >= 11 is 5.33. The summed E-state index contributed by atoms with van der Waals surface area (Å²) in [7, 11) is 0. The normalized spacial score (nSPS) is 12.4. The van der Waals surface area contributed by atoms with E-state index in [0.29, 0.717) is 0 Å². The molecule has 21 heavy (non-hydrogen) atoms. The van der Waals surface area contributed by atoms with E-state index in [-0.39, 0.29) is 6.04 Å². The van der Waals surface area contributed by atoms with Crippen LogP contribution in [-0.2, 0) is 6.42 Å². The molecule has 0 bridgehead atoms. The molecule has 0 amide bonds. The van der Waals surface area contributed by atoms with Gasteiger partial charge in [-0.2, -0.15) is 0 Å². The molecule has 4 heteroatoms. The summed E-state index contributed by atoms with van der Waals surface area (Å²) in [6, 6.07) is 15.1. The van der Waals surface area contributed by atoms with Gasteiger partial charge in [0.1, 0.15) is 0 Å². The summed E-state index contributed by atoms with van der Waals surface area (Å²) in [5.74, 6) is 6.69. The second kappa shape index (κ2) is 7.99. The Hall–Kier alpha value is -0.810. The van der Waals surface area contributed by atoms with Gasteiger partial charge in [-0.05, 0) is 55.2 Å². The van der Waals surface area contributed by atoms with Gasteiger partial charge in [0.15, 0.2) is 0 Å². The van der Waals surface area contributed by atoms with Gasteiger partial charge in [-0.15, -0.1) is 11.8 Å². The van der Waals surface area contributed by atoms with Crippen molar-refractivity contribution in [1.82, 2.24) is 5.43 Å². The van der Waals surface area contributed by atoms with E-state index in [2.05, 4.69) is 71.6 Å². The molecule has 2 aromatic rings. The number of aryl methyl sites for hydroxylation is 2. The molecular weight excluding hydrogens is 344 g/mol. The van der Waals surface area contributed by atoms with Crippen molar-refractivity contribution in [3.8, 4) is 0 Å². The summed E-state index contributed by atoms with van der Waals surface area (Å²) in [5, 5.41) is 0. The third-order valence-electron chi connectivity index (χ3n) is 3.58. The minimum Gasteiger partial charge on any atom is -0.271 e. The van der Waals surface area contributed by atoms with Gasteiger partial charge >= 0.3 is 0 Å². The summed E-state index contributed by atoms with van der Waals surface area (Å²) in [6.45, 7) is 4.33. The first kappa shape index (κ1) is 16.6. The smallest absolute Gasteiger partial charge is 0.0345 e. The number of nitrogens with two attached hydrogens (primary N) is 1. The molecule has 0 aromatic heterocycles. The average molecular weight is 365 g/mol. The maximum Gasteiger partial charge on any atom is 0.0345 e. The lowest BCUT2D eigenvalue weighted by molar-refractivity contribution is 0.573. The molecule has 3 N–H and O–H groups in total. The van der Waals surface area contributed by atoms with E-state index in [0.717, 1.165) is 16.6 Å². The van der Waals surface area contributed by atoms with Gasteiger partial charge in [-0.1, -0.05) is 40.2 Å². The van der Waals surface area contributed by atoms with Crippen LogP contribution in [0.2, 0.25) is 0 Å². The highest BCUT2D eigenvalue weighted by atomic mass is 79.9. The van der Waals surface area contributed by atoms with Crippen LogP contribution in [0.3, 0.4) is 0 Å². The van der Waals surface area contributed by atoms with Gasteiger partial charge in [0, 0.05) is 21.2 Å². The number of hydrogen-bond donors (Lipinski definition) is 2. The van der Waals surface area contributed by atoms with Crippen molar-refractivity contribution in [2.75, 3.05) is 5.75 Å². The lowest BCUT2D eigenvalue weighted by Gasteiger charge is -2.18. The Balaban J connectivity index is 2.00. The van der Waals surface area contributed by atoms with Crippen LogP contribution < -0.4 is 11.3 Å². The molecule has 0 saturated heterocycles. The van der Waals surface area contributed by atoms with E-state index < -0.39 is 0 Å². The maximum atomic E-state index is 5.74. The molecule has 0 aliphatic rings. The Morgan fingerprint density at radius 1 is 1.14 bits per heavy atom. The van der Waals surface area contributed by atoms with Crippen molar-refractivity contribution in [3.05, 3.63) is 63.6 Å². The van der Waals surface area contributed by atoms with E-state index in [4.69, 9.17) is 5.84 Å². The van der Waals surface area contributed by atoms with E-state index in [1.54, 1.807) is 0 Å². The van der Waals surface area contributed by atoms with Crippen LogP contribution in [0.1, 0.15) is 16.7 Å². The minimum atomic E-state index is 0.258. The van der Waals surface area contributed by atoms with E-state index >= 15 is 0 Å². The highest BCUT2D eigenvalue weighted by Gasteiger charge is 2.12. The topological polar surface area (TPSA) is 38.0 Å². The zero-order chi connectivity index (χ0) is 15.2. The van der Waals surface area contributed by atoms with Crippen molar-refractivity contribution >= 4 is 27.7 Å². The Morgan fingerprint density at radius 3 is 2.43 bits per heavy atom. The molecule has 0 aliphatic heterocycles. The first-order chi connectivity index (χ1) is 10.1. The molecule has 0 heterocycles. The fraction of sp³-hybridized carbons (Fsp3) is 0.294. The highest BCUT2D eigenvalue weighted by molar-refractivity contribution is 9.10. The predicted molar refractivity (Wildman–Crippen MR) is 95.6 cm³/mol. The van der Waals surface area contributed by atoms with E-state index in [1.165, 1.54) is 21.6 Å². The van der Waals surface area contributed by atoms with Gasteiger partial charge in [-0.3, -0.25) is 11.3 Å². The standard InChI is InChI=1S/C17H21BrN2S/c1-12-5-3-6-13(2)17(12)10-15(20-19)11-21-16-8-4-7-14(18)9-16/h3-9,15,20H,10-11,19H2,1-2H3. The first-order valence-electron chi connectivity index (χ1n) is 6.99. The van der Waals surface area contributed by atoms with Gasteiger partial charge in [-0.25, -0.2) is 0 Å². The fourth-order valence-electron chi connectivity index (χ4n) is 2.34. The van der Waals surface area contributed by atoms with Gasteiger partial charge in [0.25, 0.3) is 0 Å². The molecular formula is C17H21BrN2S. The molecule has 1 atom stereocenters. The number of rotatable bonds is 6. The molecule has 2 rings (SSSR count). The summed E-state index contributed by atoms with van der Waals surface area (Å²) in [4.78, 5) is 1.26. The third-order valence-corrected chi connectivity index (χ3v) is 5.23. The molecule has 2 nitrogen and oxygen atoms in total. The van der Waals surface area contributed by atoms with Crippen molar-refractivity contribution < 1.29 is 0 Å². The van der Waals surface area contributed by atoms with Gasteiger partial charge in [0.2, 0.25) is 0 Å². The SMILES string of the molecule is Cc1cccc(C)c1CC(CSc1cccc(Br)c1)NN. The molecule has 1 unspecified atom stereocenters. The number of hydrogen-bond acceptors (Lipinski definition) is 3. The molecule has 0 radical (unpaired) electrons. The summed E-state index contributed by atoms with van der Waals surface area (Å²) < 4.78 is 1.11. The van der Waals surface area contributed by atoms with Crippen LogP contribution in [0.25, 0.3) is 0 Å². The third kappa shape index (κ3) is 4.85. The van der Waals surface area contributed by atoms with Gasteiger partial charge < -0.3 is 0 Å². The molecule has 0 spiro atoms. The predicted octanol–water partition coefficient (Wildman–Crippen LogP) is 4.23. The summed E-state index contributed by atoms with van der Waals surface area (Å²) in [5.41, 5.74) is 7.03.